The second-order valence-electron chi connectivity index (χ2n) is 8.11. The minimum Gasteiger partial charge on any atom is -0.494 e. The molecule has 7 heteroatoms. The lowest BCUT2D eigenvalue weighted by atomic mass is 9.88. The van der Waals surface area contributed by atoms with Gasteiger partial charge in [0.1, 0.15) is 35.8 Å². The molecule has 2 fully saturated rings. The standard InChI is InChI=1S/C23H27ClO6/c1-2-29-17-6-3-13(4-7-17)9-15-10-14(5-8-18(15)24)21-19(26)20(27)22(28)23(30-21)11-16(23)12-25/h3-8,10,16,19-22,25-28H,2,9,11-12H2,1H3/t16?,19-,20-,21+,22+,23?/m1/s1. The lowest BCUT2D eigenvalue weighted by Gasteiger charge is -2.42. The topological polar surface area (TPSA) is 99.4 Å². The van der Waals surface area contributed by atoms with Crippen LogP contribution in [0.3, 0.4) is 0 Å². The first kappa shape index (κ1) is 21.6. The van der Waals surface area contributed by atoms with Crippen LogP contribution in [0.25, 0.3) is 0 Å². The molecule has 1 spiro atoms. The van der Waals surface area contributed by atoms with Gasteiger partial charge in [0, 0.05) is 17.5 Å². The summed E-state index contributed by atoms with van der Waals surface area (Å²) in [5, 5.41) is 41.4. The summed E-state index contributed by atoms with van der Waals surface area (Å²) in [5.41, 5.74) is 1.56. The molecule has 1 aliphatic heterocycles. The third-order valence-corrected chi connectivity index (χ3v) is 6.54. The maximum Gasteiger partial charge on any atom is 0.119 e. The average Bonchev–Trinajstić information content (AvgIpc) is 3.47. The molecule has 1 saturated carbocycles. The number of hydrogen-bond donors (Lipinski definition) is 4. The van der Waals surface area contributed by atoms with Crippen LogP contribution in [0.15, 0.2) is 42.5 Å². The van der Waals surface area contributed by atoms with E-state index in [0.717, 1.165) is 16.9 Å². The van der Waals surface area contributed by atoms with E-state index in [0.29, 0.717) is 30.0 Å². The zero-order valence-corrected chi connectivity index (χ0v) is 17.5. The Morgan fingerprint density at radius 3 is 2.47 bits per heavy atom. The summed E-state index contributed by atoms with van der Waals surface area (Å²) in [4.78, 5) is 0. The Kier molecular flexibility index (Phi) is 6.08. The van der Waals surface area contributed by atoms with Crippen molar-refractivity contribution in [2.75, 3.05) is 13.2 Å². The molecule has 162 valence electrons. The molecule has 2 aromatic rings. The van der Waals surface area contributed by atoms with Crippen molar-refractivity contribution in [1.29, 1.82) is 0 Å². The first-order valence-corrected chi connectivity index (χ1v) is 10.6. The predicted molar refractivity (Wildman–Crippen MR) is 112 cm³/mol. The zero-order valence-electron chi connectivity index (χ0n) is 16.7. The Bertz CT molecular complexity index is 888. The van der Waals surface area contributed by atoms with Crippen molar-refractivity contribution in [3.63, 3.8) is 0 Å². The Morgan fingerprint density at radius 1 is 1.10 bits per heavy atom. The van der Waals surface area contributed by atoms with E-state index in [-0.39, 0.29) is 12.5 Å². The fourth-order valence-electron chi connectivity index (χ4n) is 4.34. The van der Waals surface area contributed by atoms with Gasteiger partial charge in [0.25, 0.3) is 0 Å². The molecule has 4 rings (SSSR count). The van der Waals surface area contributed by atoms with Gasteiger partial charge in [-0.15, -0.1) is 0 Å². The molecule has 2 aromatic carbocycles. The predicted octanol–water partition coefficient (Wildman–Crippen LogP) is 2.23. The lowest BCUT2D eigenvalue weighted by molar-refractivity contribution is -0.242. The molecule has 0 amide bonds. The monoisotopic (exact) mass is 434 g/mol. The first-order valence-electron chi connectivity index (χ1n) is 10.2. The van der Waals surface area contributed by atoms with Crippen LogP contribution in [0.4, 0.5) is 0 Å². The van der Waals surface area contributed by atoms with E-state index in [2.05, 4.69) is 0 Å². The van der Waals surface area contributed by atoms with Crippen molar-refractivity contribution >= 4 is 11.6 Å². The van der Waals surface area contributed by atoms with Crippen LogP contribution in [0.2, 0.25) is 5.02 Å². The van der Waals surface area contributed by atoms with Crippen LogP contribution in [0.1, 0.15) is 36.1 Å². The summed E-state index contributed by atoms with van der Waals surface area (Å²) >= 11 is 6.42. The highest BCUT2D eigenvalue weighted by atomic mass is 35.5. The Morgan fingerprint density at radius 2 is 1.83 bits per heavy atom. The number of aliphatic hydroxyl groups is 4. The minimum atomic E-state index is -1.36. The normalized spacial score (nSPS) is 32.9. The highest BCUT2D eigenvalue weighted by Gasteiger charge is 2.67. The van der Waals surface area contributed by atoms with Gasteiger partial charge in [-0.2, -0.15) is 0 Å². The van der Waals surface area contributed by atoms with Gasteiger partial charge in [-0.1, -0.05) is 35.9 Å². The van der Waals surface area contributed by atoms with E-state index in [1.165, 1.54) is 0 Å². The van der Waals surface area contributed by atoms with Crippen molar-refractivity contribution in [3.05, 3.63) is 64.2 Å². The van der Waals surface area contributed by atoms with Gasteiger partial charge in [-0.3, -0.25) is 0 Å². The molecule has 30 heavy (non-hydrogen) atoms. The minimum absolute atomic E-state index is 0.143. The number of rotatable bonds is 6. The lowest BCUT2D eigenvalue weighted by Crippen LogP contribution is -2.56. The van der Waals surface area contributed by atoms with E-state index < -0.39 is 30.0 Å². The molecule has 4 N–H and O–H groups in total. The number of halogens is 1. The summed E-state index contributed by atoms with van der Waals surface area (Å²) in [7, 11) is 0. The number of ether oxygens (including phenoxy) is 2. The van der Waals surface area contributed by atoms with Gasteiger partial charge < -0.3 is 29.9 Å². The third kappa shape index (κ3) is 3.84. The summed E-state index contributed by atoms with van der Waals surface area (Å²) in [6.45, 7) is 2.40. The number of aliphatic hydroxyl groups excluding tert-OH is 4. The number of hydrogen-bond acceptors (Lipinski definition) is 6. The zero-order chi connectivity index (χ0) is 21.5. The second-order valence-corrected chi connectivity index (χ2v) is 8.51. The summed E-state index contributed by atoms with van der Waals surface area (Å²) < 4.78 is 11.6. The molecule has 1 aliphatic carbocycles. The molecule has 0 radical (unpaired) electrons. The molecule has 6 nitrogen and oxygen atoms in total. The molecule has 2 unspecified atom stereocenters. The summed E-state index contributed by atoms with van der Waals surface area (Å²) in [5.74, 6) is 0.549. The van der Waals surface area contributed by atoms with Gasteiger partial charge in [-0.05, 0) is 54.7 Å². The Hall–Kier alpha value is -1.67. The van der Waals surface area contributed by atoms with E-state index in [1.807, 2.05) is 37.3 Å². The van der Waals surface area contributed by atoms with E-state index >= 15 is 0 Å². The second kappa shape index (κ2) is 8.46. The van der Waals surface area contributed by atoms with Gasteiger partial charge in [0.15, 0.2) is 0 Å². The summed E-state index contributed by atoms with van der Waals surface area (Å²) in [6, 6.07) is 13.1. The van der Waals surface area contributed by atoms with Gasteiger partial charge in [-0.25, -0.2) is 0 Å². The van der Waals surface area contributed by atoms with Gasteiger partial charge in [0.05, 0.1) is 6.61 Å². The molecular weight excluding hydrogens is 408 g/mol. The van der Waals surface area contributed by atoms with Crippen molar-refractivity contribution in [1.82, 2.24) is 0 Å². The van der Waals surface area contributed by atoms with E-state index in [9.17, 15) is 20.4 Å². The molecule has 1 saturated heterocycles. The molecule has 2 aliphatic rings. The van der Waals surface area contributed by atoms with Gasteiger partial charge in [0.2, 0.25) is 0 Å². The van der Waals surface area contributed by atoms with Crippen molar-refractivity contribution in [2.24, 2.45) is 5.92 Å². The van der Waals surface area contributed by atoms with Crippen LogP contribution in [0, 0.1) is 5.92 Å². The Labute approximate surface area is 180 Å². The van der Waals surface area contributed by atoms with E-state index in [1.54, 1.807) is 12.1 Å². The van der Waals surface area contributed by atoms with Crippen LogP contribution in [-0.2, 0) is 11.2 Å². The molecule has 0 bridgehead atoms. The highest BCUT2D eigenvalue weighted by Crippen LogP contribution is 2.56. The SMILES string of the molecule is CCOc1ccc(Cc2cc([C@@H]3OC4(CC4CO)[C@@H](O)[C@H](O)[C@H]3O)ccc2Cl)cc1. The third-order valence-electron chi connectivity index (χ3n) is 6.17. The average molecular weight is 435 g/mol. The van der Waals surface area contributed by atoms with Crippen LogP contribution >= 0.6 is 11.6 Å². The largest absolute Gasteiger partial charge is 0.494 e. The first-order chi connectivity index (χ1) is 14.4. The molecular formula is C23H27ClO6. The smallest absolute Gasteiger partial charge is 0.119 e. The van der Waals surface area contributed by atoms with Crippen LogP contribution in [-0.4, -0.2) is 57.6 Å². The fraction of sp³-hybridized carbons (Fsp3) is 0.478. The van der Waals surface area contributed by atoms with Crippen molar-refractivity contribution in [2.45, 2.75) is 49.8 Å². The number of benzene rings is 2. The summed E-state index contributed by atoms with van der Waals surface area (Å²) in [6.07, 6.45) is -3.68. The Balaban J connectivity index is 1.58. The van der Waals surface area contributed by atoms with E-state index in [4.69, 9.17) is 21.1 Å². The molecule has 0 aromatic heterocycles. The van der Waals surface area contributed by atoms with Crippen molar-refractivity contribution in [3.8, 4) is 5.75 Å². The van der Waals surface area contributed by atoms with Gasteiger partial charge >= 0.3 is 0 Å². The maximum atomic E-state index is 10.6. The highest BCUT2D eigenvalue weighted by molar-refractivity contribution is 6.31. The molecule has 1 heterocycles. The molecule has 6 atom stereocenters. The van der Waals surface area contributed by atoms with Crippen LogP contribution in [0.5, 0.6) is 5.75 Å². The van der Waals surface area contributed by atoms with Crippen molar-refractivity contribution < 1.29 is 29.9 Å². The fourth-order valence-corrected chi connectivity index (χ4v) is 4.53. The quantitative estimate of drug-likeness (QED) is 0.556. The maximum absolute atomic E-state index is 10.6. The van der Waals surface area contributed by atoms with Crippen LogP contribution < -0.4 is 4.74 Å².